The Balaban J connectivity index is 2.08. The van der Waals surface area contributed by atoms with Gasteiger partial charge in [0.2, 0.25) is 5.91 Å². The molecule has 1 N–H and O–H groups in total. The number of pyridine rings is 1. The molecule has 0 spiro atoms. The normalized spacial score (nSPS) is 19.5. The van der Waals surface area contributed by atoms with E-state index >= 15 is 0 Å². The summed E-state index contributed by atoms with van der Waals surface area (Å²) < 4.78 is 14.6. The van der Waals surface area contributed by atoms with Crippen LogP contribution in [0.4, 0.5) is 10.2 Å². The first-order valence-corrected chi connectivity index (χ1v) is 7.93. The zero-order valence-electron chi connectivity index (χ0n) is 12.6. The molecule has 116 valence electrons. The third kappa shape index (κ3) is 4.40. The van der Waals surface area contributed by atoms with E-state index in [1.165, 1.54) is 6.07 Å². The van der Waals surface area contributed by atoms with Gasteiger partial charge in [0.25, 0.3) is 0 Å². The number of rotatable bonds is 2. The number of anilines is 1. The molecule has 1 fully saturated rings. The van der Waals surface area contributed by atoms with E-state index in [0.29, 0.717) is 16.8 Å². The van der Waals surface area contributed by atoms with Crippen LogP contribution in [-0.4, -0.2) is 29.5 Å². The molecule has 2 rings (SSSR count). The van der Waals surface area contributed by atoms with Crippen LogP contribution >= 0.6 is 15.9 Å². The number of carbonyl (C=O) groups is 1. The van der Waals surface area contributed by atoms with Gasteiger partial charge in [-0.05, 0) is 55.6 Å². The smallest absolute Gasteiger partial charge is 0.225 e. The second-order valence-electron chi connectivity index (χ2n) is 6.48. The second-order valence-corrected chi connectivity index (χ2v) is 7.40. The van der Waals surface area contributed by atoms with Gasteiger partial charge < -0.3 is 10.2 Å². The Morgan fingerprint density at radius 2 is 2.24 bits per heavy atom. The Hall–Kier alpha value is -1.17. The van der Waals surface area contributed by atoms with E-state index in [1.807, 2.05) is 25.7 Å². The maximum absolute atomic E-state index is 14.0. The monoisotopic (exact) mass is 357 g/mol. The van der Waals surface area contributed by atoms with Gasteiger partial charge in [-0.2, -0.15) is 0 Å². The SMILES string of the molecule is CC(C)(C)NC(=O)C1CCCN(c2ncc(Br)cc2F)C1. The van der Waals surface area contributed by atoms with Crippen LogP contribution in [-0.2, 0) is 4.79 Å². The zero-order chi connectivity index (χ0) is 15.6. The summed E-state index contributed by atoms with van der Waals surface area (Å²) in [6, 6.07) is 1.40. The highest BCUT2D eigenvalue weighted by atomic mass is 79.9. The first kappa shape index (κ1) is 16.2. The number of nitrogens with one attached hydrogen (secondary N) is 1. The van der Waals surface area contributed by atoms with Crippen molar-refractivity contribution >= 4 is 27.7 Å². The summed E-state index contributed by atoms with van der Waals surface area (Å²) >= 11 is 3.20. The Kier molecular flexibility index (Phi) is 4.86. The van der Waals surface area contributed by atoms with Crippen LogP contribution in [0.25, 0.3) is 0 Å². The third-order valence-corrected chi connectivity index (χ3v) is 3.81. The van der Waals surface area contributed by atoms with Gasteiger partial charge in [-0.1, -0.05) is 0 Å². The number of hydrogen-bond acceptors (Lipinski definition) is 3. The van der Waals surface area contributed by atoms with Gasteiger partial charge in [0.15, 0.2) is 11.6 Å². The highest BCUT2D eigenvalue weighted by Crippen LogP contribution is 2.25. The van der Waals surface area contributed by atoms with Gasteiger partial charge in [-0.15, -0.1) is 0 Å². The highest BCUT2D eigenvalue weighted by molar-refractivity contribution is 9.10. The van der Waals surface area contributed by atoms with Crippen molar-refractivity contribution in [3.05, 3.63) is 22.6 Å². The molecular weight excluding hydrogens is 337 g/mol. The van der Waals surface area contributed by atoms with Crippen molar-refractivity contribution in [2.24, 2.45) is 5.92 Å². The lowest BCUT2D eigenvalue weighted by atomic mass is 9.95. The molecule has 6 heteroatoms. The first-order valence-electron chi connectivity index (χ1n) is 7.14. The standard InChI is InChI=1S/C15H21BrFN3O/c1-15(2,3)19-14(21)10-5-4-6-20(9-10)13-12(17)7-11(16)8-18-13/h7-8,10H,4-6,9H2,1-3H3,(H,19,21). The van der Waals surface area contributed by atoms with Crippen LogP contribution in [0.2, 0.25) is 0 Å². The molecule has 0 aromatic carbocycles. The number of aromatic nitrogens is 1. The lowest BCUT2D eigenvalue weighted by Crippen LogP contribution is -2.49. The number of nitrogens with zero attached hydrogens (tertiary/aromatic N) is 2. The van der Waals surface area contributed by atoms with Crippen molar-refractivity contribution in [1.29, 1.82) is 0 Å². The maximum atomic E-state index is 14.0. The zero-order valence-corrected chi connectivity index (χ0v) is 14.2. The molecule has 21 heavy (non-hydrogen) atoms. The molecule has 0 aliphatic carbocycles. The van der Waals surface area contributed by atoms with Crippen molar-refractivity contribution in [3.8, 4) is 0 Å². The summed E-state index contributed by atoms with van der Waals surface area (Å²) in [5, 5.41) is 3.00. The molecule has 1 aromatic rings. The second kappa shape index (κ2) is 6.30. The minimum atomic E-state index is -0.360. The van der Waals surface area contributed by atoms with Crippen LogP contribution in [0.1, 0.15) is 33.6 Å². The van der Waals surface area contributed by atoms with E-state index in [0.717, 1.165) is 19.4 Å². The molecule has 1 aromatic heterocycles. The summed E-state index contributed by atoms with van der Waals surface area (Å²) in [4.78, 5) is 18.3. The lowest BCUT2D eigenvalue weighted by molar-refractivity contribution is -0.126. The Labute approximate surface area is 133 Å². The number of carbonyl (C=O) groups excluding carboxylic acids is 1. The van der Waals surface area contributed by atoms with Gasteiger partial charge >= 0.3 is 0 Å². The number of piperidine rings is 1. The molecule has 4 nitrogen and oxygen atoms in total. The molecule has 1 unspecified atom stereocenters. The predicted octanol–water partition coefficient (Wildman–Crippen LogP) is 3.11. The largest absolute Gasteiger partial charge is 0.353 e. The van der Waals surface area contributed by atoms with E-state index in [1.54, 1.807) is 6.20 Å². The minimum absolute atomic E-state index is 0.0321. The number of amides is 1. The summed E-state index contributed by atoms with van der Waals surface area (Å²) in [5.41, 5.74) is -0.250. The Morgan fingerprint density at radius 1 is 1.52 bits per heavy atom. The molecule has 0 bridgehead atoms. The molecule has 1 amide bonds. The molecular formula is C15H21BrFN3O. The highest BCUT2D eigenvalue weighted by Gasteiger charge is 2.29. The third-order valence-electron chi connectivity index (χ3n) is 3.38. The maximum Gasteiger partial charge on any atom is 0.225 e. The van der Waals surface area contributed by atoms with E-state index in [-0.39, 0.29) is 23.2 Å². The van der Waals surface area contributed by atoms with Crippen molar-refractivity contribution < 1.29 is 9.18 Å². The van der Waals surface area contributed by atoms with Crippen LogP contribution in [0.15, 0.2) is 16.7 Å². The molecule has 1 aliphatic heterocycles. The Morgan fingerprint density at radius 3 is 2.86 bits per heavy atom. The lowest BCUT2D eigenvalue weighted by Gasteiger charge is -2.34. The van der Waals surface area contributed by atoms with Gasteiger partial charge in [-0.3, -0.25) is 4.79 Å². The van der Waals surface area contributed by atoms with Crippen LogP contribution < -0.4 is 10.2 Å². The van der Waals surface area contributed by atoms with Gasteiger partial charge in [-0.25, -0.2) is 9.37 Å². The average molecular weight is 358 g/mol. The van der Waals surface area contributed by atoms with Crippen molar-refractivity contribution in [3.63, 3.8) is 0 Å². The molecule has 0 radical (unpaired) electrons. The van der Waals surface area contributed by atoms with Gasteiger partial charge in [0.1, 0.15) is 0 Å². The summed E-state index contributed by atoms with van der Waals surface area (Å²) in [6.45, 7) is 7.11. The molecule has 1 saturated heterocycles. The molecule has 0 saturated carbocycles. The number of halogens is 2. The first-order chi connectivity index (χ1) is 9.76. The van der Waals surface area contributed by atoms with Crippen molar-refractivity contribution in [1.82, 2.24) is 10.3 Å². The fraction of sp³-hybridized carbons (Fsp3) is 0.600. The topological polar surface area (TPSA) is 45.2 Å². The minimum Gasteiger partial charge on any atom is -0.353 e. The summed E-state index contributed by atoms with van der Waals surface area (Å²) in [5.74, 6) is -0.125. The summed E-state index contributed by atoms with van der Waals surface area (Å²) in [6.07, 6.45) is 3.27. The van der Waals surface area contributed by atoms with Gasteiger partial charge in [0, 0.05) is 29.3 Å². The summed E-state index contributed by atoms with van der Waals surface area (Å²) in [7, 11) is 0. The van der Waals surface area contributed by atoms with E-state index in [9.17, 15) is 9.18 Å². The fourth-order valence-electron chi connectivity index (χ4n) is 2.50. The van der Waals surface area contributed by atoms with Crippen LogP contribution in [0, 0.1) is 11.7 Å². The Bertz CT molecular complexity index is 530. The van der Waals surface area contributed by atoms with Crippen molar-refractivity contribution in [2.75, 3.05) is 18.0 Å². The van der Waals surface area contributed by atoms with E-state index in [4.69, 9.17) is 0 Å². The van der Waals surface area contributed by atoms with Gasteiger partial charge in [0.05, 0.1) is 5.92 Å². The van der Waals surface area contributed by atoms with E-state index < -0.39 is 0 Å². The predicted molar refractivity (Wildman–Crippen MR) is 84.7 cm³/mol. The molecule has 2 heterocycles. The van der Waals surface area contributed by atoms with E-state index in [2.05, 4.69) is 26.2 Å². The quantitative estimate of drug-likeness (QED) is 0.884. The fourth-order valence-corrected chi connectivity index (χ4v) is 2.80. The van der Waals surface area contributed by atoms with Crippen LogP contribution in [0.5, 0.6) is 0 Å². The average Bonchev–Trinajstić information content (AvgIpc) is 2.37. The van der Waals surface area contributed by atoms with Crippen molar-refractivity contribution in [2.45, 2.75) is 39.2 Å². The van der Waals surface area contributed by atoms with Crippen LogP contribution in [0.3, 0.4) is 0 Å². The number of hydrogen-bond donors (Lipinski definition) is 1. The molecule has 1 atom stereocenters. The molecule has 1 aliphatic rings.